The van der Waals surface area contributed by atoms with Crippen molar-refractivity contribution in [1.29, 1.82) is 0 Å². The van der Waals surface area contributed by atoms with E-state index in [4.69, 9.17) is 26.4 Å². The van der Waals surface area contributed by atoms with Crippen molar-refractivity contribution in [1.82, 2.24) is 0 Å². The highest BCUT2D eigenvalue weighted by atomic mass is 32.2. The van der Waals surface area contributed by atoms with Crippen molar-refractivity contribution >= 4 is 46.0 Å². The smallest absolute Gasteiger partial charge is 0.270 e. The van der Waals surface area contributed by atoms with Crippen molar-refractivity contribution in [2.75, 3.05) is 25.2 Å². The third kappa shape index (κ3) is 3.38. The van der Waals surface area contributed by atoms with E-state index in [9.17, 15) is 9.18 Å². The van der Waals surface area contributed by atoms with Crippen LogP contribution >= 0.6 is 24.0 Å². The molecule has 2 aliphatic rings. The molecule has 0 unspecified atom stereocenters. The van der Waals surface area contributed by atoms with E-state index in [1.165, 1.54) is 40.9 Å². The minimum absolute atomic E-state index is 0.259. The molecule has 0 bridgehead atoms. The van der Waals surface area contributed by atoms with Crippen LogP contribution in [0.4, 0.5) is 10.1 Å². The van der Waals surface area contributed by atoms with E-state index in [1.54, 1.807) is 25.3 Å². The lowest BCUT2D eigenvalue weighted by atomic mass is 10.1. The Hall–Kier alpha value is -2.58. The maximum Gasteiger partial charge on any atom is 0.270 e. The zero-order valence-electron chi connectivity index (χ0n) is 14.2. The first-order chi connectivity index (χ1) is 13.1. The summed E-state index contributed by atoms with van der Waals surface area (Å²) in [5.74, 6) is 1.03. The average Bonchev–Trinajstić information content (AvgIpc) is 2.95. The van der Waals surface area contributed by atoms with Crippen LogP contribution in [0.5, 0.6) is 17.2 Å². The molecule has 0 aromatic heterocycles. The largest absolute Gasteiger partial charge is 0.493 e. The summed E-state index contributed by atoms with van der Waals surface area (Å²) < 4.78 is 30.1. The summed E-state index contributed by atoms with van der Waals surface area (Å²) in [4.78, 5) is 14.7. The monoisotopic (exact) mass is 403 g/mol. The number of carbonyl (C=O) groups is 1. The fraction of sp³-hybridized carbons (Fsp3) is 0.158. The van der Waals surface area contributed by atoms with Gasteiger partial charge in [-0.3, -0.25) is 9.69 Å². The van der Waals surface area contributed by atoms with Gasteiger partial charge in [0.15, 0.2) is 15.8 Å². The van der Waals surface area contributed by atoms with E-state index in [0.29, 0.717) is 45.4 Å². The van der Waals surface area contributed by atoms with Crippen molar-refractivity contribution in [3.63, 3.8) is 0 Å². The van der Waals surface area contributed by atoms with Crippen molar-refractivity contribution in [3.05, 3.63) is 52.7 Å². The van der Waals surface area contributed by atoms with Gasteiger partial charge in [0, 0.05) is 0 Å². The molecule has 0 N–H and O–H groups in total. The molecule has 27 heavy (non-hydrogen) atoms. The van der Waals surface area contributed by atoms with E-state index >= 15 is 0 Å². The van der Waals surface area contributed by atoms with Crippen LogP contribution in [-0.4, -0.2) is 30.6 Å². The molecule has 2 heterocycles. The quantitative estimate of drug-likeness (QED) is 0.570. The normalized spacial score (nSPS) is 17.6. The number of rotatable bonds is 3. The van der Waals surface area contributed by atoms with E-state index in [1.807, 2.05) is 0 Å². The Labute approximate surface area is 164 Å². The Balaban J connectivity index is 1.68. The van der Waals surface area contributed by atoms with Crippen LogP contribution in [0.25, 0.3) is 6.08 Å². The number of thioether (sulfide) groups is 1. The lowest BCUT2D eigenvalue weighted by Gasteiger charge is -2.21. The number of halogens is 1. The van der Waals surface area contributed by atoms with Crippen LogP contribution in [0.15, 0.2) is 41.3 Å². The van der Waals surface area contributed by atoms with E-state index in [-0.39, 0.29) is 11.7 Å². The molecule has 0 atom stereocenters. The predicted octanol–water partition coefficient (Wildman–Crippen LogP) is 4.01. The van der Waals surface area contributed by atoms with E-state index in [2.05, 4.69) is 0 Å². The highest BCUT2D eigenvalue weighted by Gasteiger charge is 2.33. The minimum Gasteiger partial charge on any atom is -0.493 e. The first-order valence-corrected chi connectivity index (χ1v) is 9.30. The Morgan fingerprint density at radius 2 is 1.96 bits per heavy atom. The summed E-state index contributed by atoms with van der Waals surface area (Å²) in [5, 5.41) is 0. The van der Waals surface area contributed by atoms with E-state index < -0.39 is 0 Å². The molecule has 0 spiro atoms. The topological polar surface area (TPSA) is 48.0 Å². The molecule has 2 aliphatic heterocycles. The molecule has 0 aliphatic carbocycles. The van der Waals surface area contributed by atoms with Gasteiger partial charge in [-0.2, -0.15) is 0 Å². The highest BCUT2D eigenvalue weighted by Crippen LogP contribution is 2.42. The first-order valence-electron chi connectivity index (χ1n) is 8.08. The summed E-state index contributed by atoms with van der Waals surface area (Å²) in [6, 6.07) is 9.21. The fourth-order valence-electron chi connectivity index (χ4n) is 2.81. The van der Waals surface area contributed by atoms with Gasteiger partial charge in [-0.1, -0.05) is 24.0 Å². The number of anilines is 1. The van der Waals surface area contributed by atoms with Crippen LogP contribution in [0.1, 0.15) is 5.56 Å². The summed E-state index contributed by atoms with van der Waals surface area (Å²) >= 11 is 6.52. The third-order valence-corrected chi connectivity index (χ3v) is 5.33. The summed E-state index contributed by atoms with van der Waals surface area (Å²) in [7, 11) is 1.55. The number of nitrogens with zero attached hydrogens (tertiary/aromatic N) is 1. The maximum atomic E-state index is 13.2. The zero-order valence-corrected chi connectivity index (χ0v) is 15.9. The number of amides is 1. The van der Waals surface area contributed by atoms with Gasteiger partial charge in [-0.25, -0.2) is 4.39 Å². The van der Waals surface area contributed by atoms with E-state index in [0.717, 1.165) is 5.56 Å². The molecular formula is C19H14FNO4S2. The Bertz CT molecular complexity index is 942. The molecular weight excluding hydrogens is 389 g/mol. The number of hydrogen-bond acceptors (Lipinski definition) is 6. The molecule has 1 saturated heterocycles. The molecule has 1 amide bonds. The zero-order chi connectivity index (χ0) is 19.0. The second kappa shape index (κ2) is 7.21. The molecule has 2 aromatic carbocycles. The minimum atomic E-state index is -0.372. The number of ether oxygens (including phenoxy) is 3. The van der Waals surface area contributed by atoms with Gasteiger partial charge in [0.25, 0.3) is 5.91 Å². The summed E-state index contributed by atoms with van der Waals surface area (Å²) in [6.07, 6.45) is 1.73. The second-order valence-corrected chi connectivity index (χ2v) is 7.42. The van der Waals surface area contributed by atoms with Gasteiger partial charge in [0.05, 0.1) is 17.7 Å². The second-order valence-electron chi connectivity index (χ2n) is 5.74. The van der Waals surface area contributed by atoms with Gasteiger partial charge in [0.1, 0.15) is 19.0 Å². The van der Waals surface area contributed by atoms with Crippen molar-refractivity contribution in [3.8, 4) is 17.2 Å². The number of hydrogen-bond donors (Lipinski definition) is 0. The molecule has 4 rings (SSSR count). The molecule has 5 nitrogen and oxygen atoms in total. The SMILES string of the molecule is COc1cc(/C=C2\SC(=S)N(c3ccc(F)cc3)C2=O)cc2c1OCCO2. The maximum absolute atomic E-state index is 13.2. The highest BCUT2D eigenvalue weighted by molar-refractivity contribution is 8.27. The standard InChI is InChI=1S/C19H14FNO4S2/c1-23-14-8-11(9-15-17(14)25-7-6-24-15)10-16-18(22)21(19(26)27-16)13-4-2-12(20)3-5-13/h2-5,8-10H,6-7H2,1H3/b16-10-. The summed E-state index contributed by atoms with van der Waals surface area (Å²) in [6.45, 7) is 0.908. The molecule has 2 aromatic rings. The van der Waals surface area contributed by atoms with Gasteiger partial charge in [-0.05, 0) is 48.0 Å². The molecule has 0 radical (unpaired) electrons. The lowest BCUT2D eigenvalue weighted by Crippen LogP contribution is -2.27. The number of thiocarbonyl (C=S) groups is 1. The van der Waals surface area contributed by atoms with Crippen LogP contribution in [-0.2, 0) is 4.79 Å². The van der Waals surface area contributed by atoms with Crippen LogP contribution < -0.4 is 19.1 Å². The summed E-state index contributed by atoms with van der Waals surface area (Å²) in [5.41, 5.74) is 1.26. The Morgan fingerprint density at radius 3 is 2.70 bits per heavy atom. The van der Waals surface area contributed by atoms with Crippen molar-refractivity contribution in [2.24, 2.45) is 0 Å². The predicted molar refractivity (Wildman–Crippen MR) is 106 cm³/mol. The number of benzene rings is 2. The van der Waals surface area contributed by atoms with Gasteiger partial charge in [0.2, 0.25) is 5.75 Å². The molecule has 8 heteroatoms. The van der Waals surface area contributed by atoms with Crippen molar-refractivity contribution in [2.45, 2.75) is 0 Å². The molecule has 1 fully saturated rings. The number of methoxy groups -OCH3 is 1. The van der Waals surface area contributed by atoms with Crippen LogP contribution in [0, 0.1) is 5.82 Å². The van der Waals surface area contributed by atoms with Crippen molar-refractivity contribution < 1.29 is 23.4 Å². The Kier molecular flexibility index (Phi) is 4.75. The van der Waals surface area contributed by atoms with Gasteiger partial charge < -0.3 is 14.2 Å². The number of carbonyl (C=O) groups excluding carboxylic acids is 1. The Morgan fingerprint density at radius 1 is 1.22 bits per heavy atom. The first kappa shape index (κ1) is 17.8. The lowest BCUT2D eigenvalue weighted by molar-refractivity contribution is -0.113. The fourth-order valence-corrected chi connectivity index (χ4v) is 4.11. The molecule has 0 saturated carbocycles. The van der Waals surface area contributed by atoms with Gasteiger partial charge in [-0.15, -0.1) is 0 Å². The number of fused-ring (bicyclic) bond motifs is 1. The van der Waals surface area contributed by atoms with Crippen LogP contribution in [0.2, 0.25) is 0 Å². The van der Waals surface area contributed by atoms with Crippen LogP contribution in [0.3, 0.4) is 0 Å². The van der Waals surface area contributed by atoms with Gasteiger partial charge >= 0.3 is 0 Å². The third-order valence-electron chi connectivity index (χ3n) is 4.03. The molecule has 138 valence electrons. The average molecular weight is 403 g/mol.